The van der Waals surface area contributed by atoms with Gasteiger partial charge in [0, 0.05) is 5.88 Å². The standard InChI is InChI=1S/C8H6BrClF2O/c9-6-2-1-5(4-10)3-7(6)13-8(11)12/h1-3,8H,4H2. The van der Waals surface area contributed by atoms with Gasteiger partial charge >= 0.3 is 6.61 Å². The van der Waals surface area contributed by atoms with E-state index in [1.807, 2.05) is 0 Å². The molecule has 1 nitrogen and oxygen atoms in total. The van der Waals surface area contributed by atoms with Gasteiger partial charge in [0.15, 0.2) is 0 Å². The van der Waals surface area contributed by atoms with Crippen LogP contribution in [0.25, 0.3) is 0 Å². The fourth-order valence-corrected chi connectivity index (χ4v) is 1.32. The molecule has 13 heavy (non-hydrogen) atoms. The topological polar surface area (TPSA) is 9.23 Å². The van der Waals surface area contributed by atoms with Crippen LogP contribution in [0, 0.1) is 0 Å². The van der Waals surface area contributed by atoms with E-state index >= 15 is 0 Å². The van der Waals surface area contributed by atoms with Crippen molar-refractivity contribution in [1.82, 2.24) is 0 Å². The predicted octanol–water partition coefficient (Wildman–Crippen LogP) is 3.79. The number of rotatable bonds is 3. The lowest BCUT2D eigenvalue weighted by Crippen LogP contribution is -2.02. The quantitative estimate of drug-likeness (QED) is 0.760. The van der Waals surface area contributed by atoms with Gasteiger partial charge in [-0.2, -0.15) is 8.78 Å². The molecule has 0 aliphatic heterocycles. The van der Waals surface area contributed by atoms with Crippen LogP contribution in [0.1, 0.15) is 5.56 Å². The molecule has 0 aliphatic carbocycles. The Morgan fingerprint density at radius 2 is 2.15 bits per heavy atom. The largest absolute Gasteiger partial charge is 0.434 e. The van der Waals surface area contributed by atoms with Crippen LogP contribution in [-0.4, -0.2) is 6.61 Å². The molecular weight excluding hydrogens is 265 g/mol. The van der Waals surface area contributed by atoms with Crippen LogP contribution in [0.15, 0.2) is 22.7 Å². The summed E-state index contributed by atoms with van der Waals surface area (Å²) in [5.74, 6) is 0.375. The van der Waals surface area contributed by atoms with Crippen molar-refractivity contribution in [3.05, 3.63) is 28.2 Å². The summed E-state index contributed by atoms with van der Waals surface area (Å²) < 4.78 is 28.5. The van der Waals surface area contributed by atoms with Gasteiger partial charge < -0.3 is 4.74 Å². The maximum Gasteiger partial charge on any atom is 0.387 e. The lowest BCUT2D eigenvalue weighted by molar-refractivity contribution is -0.0503. The lowest BCUT2D eigenvalue weighted by Gasteiger charge is -2.07. The van der Waals surface area contributed by atoms with Crippen molar-refractivity contribution >= 4 is 27.5 Å². The number of benzene rings is 1. The smallest absolute Gasteiger partial charge is 0.387 e. The highest BCUT2D eigenvalue weighted by molar-refractivity contribution is 9.10. The first-order valence-electron chi connectivity index (χ1n) is 3.42. The SMILES string of the molecule is FC(F)Oc1cc(CCl)ccc1Br. The van der Waals surface area contributed by atoms with Crippen LogP contribution in [0.5, 0.6) is 5.75 Å². The fraction of sp³-hybridized carbons (Fsp3) is 0.250. The second kappa shape index (κ2) is 4.77. The molecular formula is C8H6BrClF2O. The molecule has 0 radical (unpaired) electrons. The molecule has 0 fully saturated rings. The molecule has 1 rings (SSSR count). The minimum absolute atomic E-state index is 0.105. The number of halogens is 4. The van der Waals surface area contributed by atoms with Gasteiger partial charge in [0.25, 0.3) is 0 Å². The molecule has 0 spiro atoms. The molecule has 0 saturated carbocycles. The van der Waals surface area contributed by atoms with E-state index in [1.165, 1.54) is 6.07 Å². The van der Waals surface area contributed by atoms with Crippen molar-refractivity contribution in [2.75, 3.05) is 0 Å². The minimum Gasteiger partial charge on any atom is -0.434 e. The van der Waals surface area contributed by atoms with E-state index in [1.54, 1.807) is 12.1 Å². The lowest BCUT2D eigenvalue weighted by atomic mass is 10.2. The zero-order valence-corrected chi connectivity index (χ0v) is 8.78. The summed E-state index contributed by atoms with van der Waals surface area (Å²) >= 11 is 8.62. The first kappa shape index (κ1) is 10.7. The van der Waals surface area contributed by atoms with Crippen molar-refractivity contribution in [3.63, 3.8) is 0 Å². The number of alkyl halides is 3. The Hall–Kier alpha value is -0.350. The molecule has 0 aliphatic rings. The first-order chi connectivity index (χ1) is 6.13. The van der Waals surface area contributed by atoms with E-state index in [0.717, 1.165) is 5.56 Å². The summed E-state index contributed by atoms with van der Waals surface area (Å²) in [6.45, 7) is -2.82. The maximum atomic E-state index is 11.9. The Balaban J connectivity index is 2.90. The highest BCUT2D eigenvalue weighted by Crippen LogP contribution is 2.27. The van der Waals surface area contributed by atoms with Crippen LogP contribution in [0.3, 0.4) is 0 Å². The molecule has 0 bridgehead atoms. The number of hydrogen-bond acceptors (Lipinski definition) is 1. The monoisotopic (exact) mass is 270 g/mol. The summed E-state index contributed by atoms with van der Waals surface area (Å²) in [5, 5.41) is 0. The molecule has 0 unspecified atom stereocenters. The van der Waals surface area contributed by atoms with Gasteiger partial charge in [-0.3, -0.25) is 0 Å². The molecule has 1 aromatic carbocycles. The average molecular weight is 271 g/mol. The third-order valence-electron chi connectivity index (χ3n) is 1.37. The van der Waals surface area contributed by atoms with Crippen LogP contribution < -0.4 is 4.74 Å². The van der Waals surface area contributed by atoms with Gasteiger partial charge in [0.05, 0.1) is 4.47 Å². The summed E-state index contributed by atoms with van der Waals surface area (Å²) in [4.78, 5) is 0. The molecule has 72 valence electrons. The van der Waals surface area contributed by atoms with Crippen molar-refractivity contribution < 1.29 is 13.5 Å². The Morgan fingerprint density at radius 3 is 2.69 bits per heavy atom. The maximum absolute atomic E-state index is 11.9. The van der Waals surface area contributed by atoms with E-state index in [2.05, 4.69) is 20.7 Å². The van der Waals surface area contributed by atoms with E-state index in [9.17, 15) is 8.78 Å². The van der Waals surface area contributed by atoms with Crippen molar-refractivity contribution in [2.45, 2.75) is 12.5 Å². The molecule has 5 heteroatoms. The fourth-order valence-electron chi connectivity index (χ4n) is 0.817. The van der Waals surface area contributed by atoms with Crippen molar-refractivity contribution in [2.24, 2.45) is 0 Å². The number of ether oxygens (including phenoxy) is 1. The molecule has 0 heterocycles. The molecule has 0 saturated heterocycles. The summed E-state index contributed by atoms with van der Waals surface area (Å²) in [5.41, 5.74) is 0.737. The van der Waals surface area contributed by atoms with Gasteiger partial charge in [0.2, 0.25) is 0 Å². The molecule has 0 atom stereocenters. The normalized spacial score (nSPS) is 10.5. The van der Waals surface area contributed by atoms with Crippen LogP contribution in [0.2, 0.25) is 0 Å². The number of hydrogen-bond donors (Lipinski definition) is 0. The van der Waals surface area contributed by atoms with Gasteiger partial charge in [-0.25, -0.2) is 0 Å². The van der Waals surface area contributed by atoms with Gasteiger partial charge in [-0.15, -0.1) is 11.6 Å². The van der Waals surface area contributed by atoms with Crippen molar-refractivity contribution in [1.29, 1.82) is 0 Å². The van der Waals surface area contributed by atoms with E-state index < -0.39 is 6.61 Å². The third kappa shape index (κ3) is 3.12. The van der Waals surface area contributed by atoms with Crippen molar-refractivity contribution in [3.8, 4) is 5.75 Å². The first-order valence-corrected chi connectivity index (χ1v) is 4.75. The molecule has 1 aromatic rings. The van der Waals surface area contributed by atoms with Gasteiger partial charge in [-0.05, 0) is 33.6 Å². The van der Waals surface area contributed by atoms with E-state index in [0.29, 0.717) is 4.47 Å². The summed E-state index contributed by atoms with van der Waals surface area (Å²) in [7, 11) is 0. The Bertz CT molecular complexity index is 293. The average Bonchev–Trinajstić information content (AvgIpc) is 2.08. The Labute approximate surface area is 87.8 Å². The van der Waals surface area contributed by atoms with Crippen LogP contribution >= 0.6 is 27.5 Å². The molecule has 0 aromatic heterocycles. The zero-order chi connectivity index (χ0) is 9.84. The van der Waals surface area contributed by atoms with Gasteiger partial charge in [-0.1, -0.05) is 6.07 Å². The second-order valence-corrected chi connectivity index (χ2v) is 3.40. The van der Waals surface area contributed by atoms with E-state index in [4.69, 9.17) is 11.6 Å². The highest BCUT2D eigenvalue weighted by Gasteiger charge is 2.08. The minimum atomic E-state index is -2.82. The van der Waals surface area contributed by atoms with Crippen LogP contribution in [0.4, 0.5) is 8.78 Å². The Kier molecular flexibility index (Phi) is 3.93. The van der Waals surface area contributed by atoms with Gasteiger partial charge in [0.1, 0.15) is 5.75 Å². The second-order valence-electron chi connectivity index (χ2n) is 2.28. The summed E-state index contributed by atoms with van der Waals surface area (Å²) in [6, 6.07) is 4.83. The predicted molar refractivity (Wildman–Crippen MR) is 50.3 cm³/mol. The molecule has 0 amide bonds. The highest BCUT2D eigenvalue weighted by atomic mass is 79.9. The zero-order valence-electron chi connectivity index (χ0n) is 6.44. The molecule has 0 N–H and O–H groups in total. The summed E-state index contributed by atoms with van der Waals surface area (Å²) in [6.07, 6.45) is 0. The third-order valence-corrected chi connectivity index (χ3v) is 2.33. The van der Waals surface area contributed by atoms with Crippen LogP contribution in [-0.2, 0) is 5.88 Å². The van der Waals surface area contributed by atoms with E-state index in [-0.39, 0.29) is 11.6 Å². The Morgan fingerprint density at radius 1 is 1.46 bits per heavy atom.